The average Bonchev–Trinajstić information content (AvgIpc) is 2.63. The van der Waals surface area contributed by atoms with Gasteiger partial charge >= 0.3 is 0 Å². The number of benzene rings is 1. The van der Waals surface area contributed by atoms with E-state index in [0.717, 1.165) is 16.8 Å². The normalized spacial score (nSPS) is 11.6. The maximum absolute atomic E-state index is 12.4. The molecule has 2 heterocycles. The van der Waals surface area contributed by atoms with Gasteiger partial charge in [-0.2, -0.15) is 5.10 Å². The molecule has 2 N–H and O–H groups in total. The Bertz CT molecular complexity index is 1010. The van der Waals surface area contributed by atoms with Gasteiger partial charge in [0.15, 0.2) is 0 Å². The zero-order chi connectivity index (χ0) is 19.6. The van der Waals surface area contributed by atoms with Crippen molar-refractivity contribution in [3.63, 3.8) is 0 Å². The molecule has 3 rings (SSSR count). The highest BCUT2D eigenvalue weighted by Crippen LogP contribution is 2.29. The van der Waals surface area contributed by atoms with Crippen LogP contribution in [0.25, 0.3) is 11.3 Å². The van der Waals surface area contributed by atoms with Crippen molar-refractivity contribution in [1.29, 1.82) is 0 Å². The second kappa shape index (κ2) is 7.74. The van der Waals surface area contributed by atoms with Crippen LogP contribution in [-0.2, 0) is 11.3 Å². The van der Waals surface area contributed by atoms with Crippen LogP contribution < -0.4 is 11.3 Å². The summed E-state index contributed by atoms with van der Waals surface area (Å²) >= 11 is 7.77. The highest BCUT2D eigenvalue weighted by Gasteiger charge is 2.19. The molecule has 0 bridgehead atoms. The van der Waals surface area contributed by atoms with Gasteiger partial charge in [-0.1, -0.05) is 35.9 Å². The number of halogens is 1. The fourth-order valence-corrected chi connectivity index (χ4v) is 3.72. The van der Waals surface area contributed by atoms with Gasteiger partial charge in [0.2, 0.25) is 0 Å². The molecule has 0 amide bonds. The van der Waals surface area contributed by atoms with Crippen LogP contribution in [0, 0.1) is 0 Å². The molecule has 7 heteroatoms. The number of pyridine rings is 1. The molecule has 5 nitrogen and oxygen atoms in total. The number of hydrogen-bond donors (Lipinski definition) is 1. The maximum Gasteiger partial charge on any atom is 0.287 e. The van der Waals surface area contributed by atoms with Gasteiger partial charge in [-0.15, -0.1) is 11.8 Å². The van der Waals surface area contributed by atoms with Gasteiger partial charge < -0.3 is 5.73 Å². The van der Waals surface area contributed by atoms with Crippen LogP contribution in [0.5, 0.6) is 0 Å². The molecule has 0 aliphatic heterocycles. The van der Waals surface area contributed by atoms with Crippen molar-refractivity contribution in [3.8, 4) is 11.3 Å². The summed E-state index contributed by atoms with van der Waals surface area (Å²) < 4.78 is 1.41. The first-order valence-electron chi connectivity index (χ1n) is 8.48. The molecule has 2 aromatic heterocycles. The number of nitrogen functional groups attached to an aromatic ring is 1. The summed E-state index contributed by atoms with van der Waals surface area (Å²) in [4.78, 5) is 17.4. The van der Waals surface area contributed by atoms with Crippen LogP contribution in [0.4, 0.5) is 5.69 Å². The molecule has 1 aromatic carbocycles. The molecular formula is C20H21ClN4OS. The topological polar surface area (TPSA) is 73.8 Å². The lowest BCUT2D eigenvalue weighted by atomic mass is 10.1. The Labute approximate surface area is 167 Å². The van der Waals surface area contributed by atoms with E-state index in [1.807, 2.05) is 57.2 Å². The average molecular weight is 401 g/mol. The number of nitrogens with zero attached hydrogens (tertiary/aromatic N) is 3. The van der Waals surface area contributed by atoms with Crippen LogP contribution in [0.15, 0.2) is 58.5 Å². The number of rotatable bonds is 4. The van der Waals surface area contributed by atoms with E-state index >= 15 is 0 Å². The van der Waals surface area contributed by atoms with E-state index in [0.29, 0.717) is 16.3 Å². The van der Waals surface area contributed by atoms with Gasteiger partial charge in [-0.05, 0) is 38.5 Å². The predicted molar refractivity (Wildman–Crippen MR) is 112 cm³/mol. The monoisotopic (exact) mass is 400 g/mol. The summed E-state index contributed by atoms with van der Waals surface area (Å²) in [5.74, 6) is 0.679. The molecule has 0 aliphatic rings. The Morgan fingerprint density at radius 3 is 2.52 bits per heavy atom. The van der Waals surface area contributed by atoms with Crippen LogP contribution in [0.2, 0.25) is 5.02 Å². The number of thioether (sulfide) groups is 1. The van der Waals surface area contributed by atoms with Gasteiger partial charge in [-0.3, -0.25) is 9.78 Å². The molecule has 0 atom stereocenters. The first-order chi connectivity index (χ1) is 12.8. The SMILES string of the molecule is CC(C)(C)n1ncc(SCc2ccc(-c3ncccc3N)cc2)c(Cl)c1=O. The Morgan fingerprint density at radius 2 is 1.89 bits per heavy atom. The smallest absolute Gasteiger partial charge is 0.287 e. The van der Waals surface area contributed by atoms with Crippen LogP contribution in [0.1, 0.15) is 26.3 Å². The fraction of sp³-hybridized carbons (Fsp3) is 0.250. The summed E-state index contributed by atoms with van der Waals surface area (Å²) in [5.41, 5.74) is 8.80. The van der Waals surface area contributed by atoms with Crippen molar-refractivity contribution in [1.82, 2.24) is 14.8 Å². The minimum atomic E-state index is -0.410. The molecule has 0 saturated heterocycles. The molecule has 0 unspecified atom stereocenters. The van der Waals surface area contributed by atoms with E-state index in [4.69, 9.17) is 17.3 Å². The first-order valence-corrected chi connectivity index (χ1v) is 9.84. The van der Waals surface area contributed by atoms with Crippen molar-refractivity contribution in [2.24, 2.45) is 0 Å². The zero-order valence-electron chi connectivity index (χ0n) is 15.4. The molecule has 0 radical (unpaired) electrons. The van der Waals surface area contributed by atoms with Crippen molar-refractivity contribution in [3.05, 3.63) is 69.7 Å². The van der Waals surface area contributed by atoms with E-state index in [2.05, 4.69) is 10.1 Å². The molecule has 3 aromatic rings. The number of nitrogens with two attached hydrogens (primary N) is 1. The Hall–Kier alpha value is -2.31. The van der Waals surface area contributed by atoms with Crippen molar-refractivity contribution in [2.75, 3.05) is 5.73 Å². The summed E-state index contributed by atoms with van der Waals surface area (Å²) in [5, 5.41) is 4.47. The summed E-state index contributed by atoms with van der Waals surface area (Å²) in [6, 6.07) is 11.7. The first kappa shape index (κ1) is 19.5. The molecule has 0 fully saturated rings. The van der Waals surface area contributed by atoms with Gasteiger partial charge in [0, 0.05) is 17.5 Å². The summed E-state index contributed by atoms with van der Waals surface area (Å²) in [6.45, 7) is 5.75. The number of anilines is 1. The minimum absolute atomic E-state index is 0.211. The lowest BCUT2D eigenvalue weighted by Gasteiger charge is -2.21. The third-order valence-electron chi connectivity index (χ3n) is 3.98. The largest absolute Gasteiger partial charge is 0.397 e. The van der Waals surface area contributed by atoms with Crippen molar-refractivity contribution < 1.29 is 0 Å². The summed E-state index contributed by atoms with van der Waals surface area (Å²) in [6.07, 6.45) is 3.38. The fourth-order valence-electron chi connectivity index (χ4n) is 2.57. The van der Waals surface area contributed by atoms with E-state index < -0.39 is 5.54 Å². The van der Waals surface area contributed by atoms with E-state index in [1.165, 1.54) is 16.4 Å². The standard InChI is InChI=1S/C20H21ClN4OS/c1-20(2,3)25-19(26)17(21)16(11-24-25)27-12-13-6-8-14(9-7-13)18-15(22)5-4-10-23-18/h4-11H,12,22H2,1-3H3. The molecule has 0 spiro atoms. The molecule has 27 heavy (non-hydrogen) atoms. The lowest BCUT2D eigenvalue weighted by molar-refractivity contribution is 0.336. The predicted octanol–water partition coefficient (Wildman–Crippen LogP) is 4.59. The second-order valence-electron chi connectivity index (χ2n) is 7.14. The third-order valence-corrected chi connectivity index (χ3v) is 5.56. The minimum Gasteiger partial charge on any atom is -0.397 e. The van der Waals surface area contributed by atoms with Crippen LogP contribution >= 0.6 is 23.4 Å². The van der Waals surface area contributed by atoms with E-state index in [-0.39, 0.29) is 10.6 Å². The van der Waals surface area contributed by atoms with Gasteiger partial charge in [0.25, 0.3) is 5.56 Å². The van der Waals surface area contributed by atoms with Gasteiger partial charge in [0.05, 0.1) is 28.0 Å². The lowest BCUT2D eigenvalue weighted by Crippen LogP contribution is -2.36. The highest BCUT2D eigenvalue weighted by atomic mass is 35.5. The third kappa shape index (κ3) is 4.34. The molecule has 0 saturated carbocycles. The number of aromatic nitrogens is 3. The molecular weight excluding hydrogens is 380 g/mol. The van der Waals surface area contributed by atoms with Gasteiger partial charge in [0.1, 0.15) is 5.02 Å². The summed E-state index contributed by atoms with van der Waals surface area (Å²) in [7, 11) is 0. The van der Waals surface area contributed by atoms with E-state index in [9.17, 15) is 4.79 Å². The zero-order valence-corrected chi connectivity index (χ0v) is 17.0. The van der Waals surface area contributed by atoms with Gasteiger partial charge in [-0.25, -0.2) is 4.68 Å². The molecule has 0 aliphatic carbocycles. The highest BCUT2D eigenvalue weighted by molar-refractivity contribution is 7.98. The Kier molecular flexibility index (Phi) is 5.58. The van der Waals surface area contributed by atoms with Crippen LogP contribution in [-0.4, -0.2) is 14.8 Å². The number of hydrogen-bond acceptors (Lipinski definition) is 5. The maximum atomic E-state index is 12.4. The van der Waals surface area contributed by atoms with Crippen molar-refractivity contribution >= 4 is 29.1 Å². The second-order valence-corrected chi connectivity index (χ2v) is 8.53. The molecule has 140 valence electrons. The van der Waals surface area contributed by atoms with Crippen molar-refractivity contribution in [2.45, 2.75) is 37.0 Å². The van der Waals surface area contributed by atoms with E-state index in [1.54, 1.807) is 12.4 Å². The van der Waals surface area contributed by atoms with Crippen LogP contribution in [0.3, 0.4) is 0 Å². The quantitative estimate of drug-likeness (QED) is 0.648. The Morgan fingerprint density at radius 1 is 1.19 bits per heavy atom. The Balaban J connectivity index is 1.75.